The minimum Gasteiger partial charge on any atom is -0.463 e. The van der Waals surface area contributed by atoms with E-state index in [0.717, 1.165) is 122 Å². The summed E-state index contributed by atoms with van der Waals surface area (Å²) in [4.78, 5) is 66.5. The molecular formula is C92H171O25P. The van der Waals surface area contributed by atoms with Crippen molar-refractivity contribution in [2.45, 2.75) is 518 Å². The molecule has 19 atom stereocenters. The molecule has 694 valence electrons. The van der Waals surface area contributed by atoms with Gasteiger partial charge in [-0.15, -0.1) is 0 Å². The number of carbonyl (C=O) groups is 4. The predicted octanol–water partition coefficient (Wildman–Crippen LogP) is 17.8. The van der Waals surface area contributed by atoms with Gasteiger partial charge in [-0.05, 0) is 57.3 Å². The molecule has 10 N–H and O–H groups in total. The molecule has 19 unspecified atom stereocenters. The number of allylic oxidation sites excluding steroid dienone is 2. The quantitative estimate of drug-likeness (QED) is 0.00889. The summed E-state index contributed by atoms with van der Waals surface area (Å²) in [5, 5.41) is 102. The fourth-order valence-electron chi connectivity index (χ4n) is 16.0. The number of phosphoric acid groups is 1. The maximum atomic E-state index is 14.9. The second-order valence-electron chi connectivity index (χ2n) is 34.5. The van der Waals surface area contributed by atoms with Crippen LogP contribution in [0.4, 0.5) is 0 Å². The van der Waals surface area contributed by atoms with E-state index in [1.54, 1.807) is 0 Å². The standard InChI is InChI=1S/C92H171O25P/c1-6-10-14-18-22-25-28-31-33-36-38-41-44-51-58-64-76(95)109-70-74-80(99)82(101)86(105)92(113-74)116-89-87(114-78(97)66-60-54-46-43-39-35-30-27-24-20-16-12-8-3)83(102)84(103)88(115-91-85(104)81(100)79(98)73(67-93)112-91)90(89)117-118(106,107)110-69-72(111-77(96)65-59-53-45-42-40-37-34-32-29-26-23-19-15-11-7-2)68-108-75(94)63-57-52-48-47-50-56-62-71(5)61-55-49-21-17-13-9-4/h35,39,71-74,79-93,98-105H,6-34,36-38,40-70H2,1-5H3,(H,106,107)/b39-35-. The average Bonchev–Trinajstić information content (AvgIpc) is 0.753. The molecule has 0 spiro atoms. The smallest absolute Gasteiger partial charge is 0.463 e. The van der Waals surface area contributed by atoms with Crippen LogP contribution < -0.4 is 0 Å². The Bertz CT molecular complexity index is 2520. The van der Waals surface area contributed by atoms with Crippen LogP contribution in [0.15, 0.2) is 12.2 Å². The summed E-state index contributed by atoms with van der Waals surface area (Å²) in [6.07, 6.45) is 27.8. The van der Waals surface area contributed by atoms with Gasteiger partial charge in [0.1, 0.15) is 92.6 Å². The molecule has 1 aliphatic carbocycles. The van der Waals surface area contributed by atoms with Crippen molar-refractivity contribution in [1.82, 2.24) is 0 Å². The number of carbonyl (C=O) groups excluding carboxylic acids is 4. The Morgan fingerprint density at radius 3 is 1.10 bits per heavy atom. The van der Waals surface area contributed by atoms with E-state index in [2.05, 4.69) is 46.8 Å². The van der Waals surface area contributed by atoms with Crippen molar-refractivity contribution in [3.05, 3.63) is 12.2 Å². The summed E-state index contributed by atoms with van der Waals surface area (Å²) in [5.41, 5.74) is 0. The first-order valence-corrected chi connectivity index (χ1v) is 49.3. The molecule has 0 aromatic carbocycles. The fourth-order valence-corrected chi connectivity index (χ4v) is 16.9. The highest BCUT2D eigenvalue weighted by Crippen LogP contribution is 2.49. The molecule has 3 fully saturated rings. The third-order valence-electron chi connectivity index (χ3n) is 23.7. The Kier molecular flexibility index (Phi) is 65.2. The summed E-state index contributed by atoms with van der Waals surface area (Å²) < 4.78 is 73.5. The van der Waals surface area contributed by atoms with Gasteiger partial charge in [-0.25, -0.2) is 4.57 Å². The molecule has 26 heteroatoms. The van der Waals surface area contributed by atoms with E-state index in [9.17, 15) is 74.6 Å². The molecule has 2 aliphatic heterocycles. The number of rotatable bonds is 77. The van der Waals surface area contributed by atoms with Crippen LogP contribution in [0.3, 0.4) is 0 Å². The number of hydrogen-bond donors (Lipinski definition) is 10. The number of unbranched alkanes of at least 4 members (excludes halogenated alkanes) is 47. The van der Waals surface area contributed by atoms with Crippen molar-refractivity contribution in [3.8, 4) is 0 Å². The lowest BCUT2D eigenvalue weighted by atomic mass is 9.84. The Morgan fingerprint density at radius 2 is 0.686 bits per heavy atom. The van der Waals surface area contributed by atoms with Gasteiger partial charge in [-0.3, -0.25) is 28.2 Å². The van der Waals surface area contributed by atoms with E-state index in [-0.39, 0.29) is 32.1 Å². The zero-order valence-electron chi connectivity index (χ0n) is 74.1. The molecule has 0 aromatic heterocycles. The van der Waals surface area contributed by atoms with Crippen molar-refractivity contribution in [1.29, 1.82) is 0 Å². The van der Waals surface area contributed by atoms with Crippen molar-refractivity contribution < 1.29 is 122 Å². The number of ether oxygens (including phenoxy) is 8. The summed E-state index contributed by atoms with van der Waals surface area (Å²) in [5.74, 6) is -2.28. The highest BCUT2D eigenvalue weighted by Gasteiger charge is 2.60. The Morgan fingerprint density at radius 1 is 0.356 bits per heavy atom. The lowest BCUT2D eigenvalue weighted by molar-refractivity contribution is -0.360. The first kappa shape index (κ1) is 109. The SMILES string of the molecule is CCCCCCCC/C=C\CCCCCC(=O)OC1C(O)C(O)C(OC2OC(CO)C(O)C(O)C2O)C(OP(=O)(O)OCC(COC(=O)CCCCCCCCC(C)CCCCCCCC)OC(=O)CCCCCCCCCCCCCCCCC)C1OC1OC(COC(=O)CCCCCCCCCCCCCCCCC)C(O)C(O)C1O. The van der Waals surface area contributed by atoms with E-state index in [1.807, 2.05) is 0 Å². The second-order valence-corrected chi connectivity index (χ2v) is 35.9. The first-order valence-electron chi connectivity index (χ1n) is 47.8. The number of esters is 4. The number of hydrogen-bond acceptors (Lipinski definition) is 24. The van der Waals surface area contributed by atoms with Gasteiger partial charge in [-0.1, -0.05) is 349 Å². The van der Waals surface area contributed by atoms with Crippen molar-refractivity contribution in [2.24, 2.45) is 5.92 Å². The lowest BCUT2D eigenvalue weighted by Crippen LogP contribution is -2.70. The van der Waals surface area contributed by atoms with Crippen molar-refractivity contribution >= 4 is 31.7 Å². The molecule has 3 aliphatic rings. The molecule has 1 saturated carbocycles. The van der Waals surface area contributed by atoms with Gasteiger partial charge in [0.05, 0.1) is 13.2 Å². The molecule has 3 rings (SSSR count). The van der Waals surface area contributed by atoms with E-state index in [4.69, 9.17) is 46.9 Å². The molecule has 2 saturated heterocycles. The highest BCUT2D eigenvalue weighted by atomic mass is 31.2. The third kappa shape index (κ3) is 50.4. The molecule has 25 nitrogen and oxygen atoms in total. The van der Waals surface area contributed by atoms with Crippen LogP contribution in [0.25, 0.3) is 0 Å². The Balaban J connectivity index is 1.91. The van der Waals surface area contributed by atoms with Crippen molar-refractivity contribution in [3.63, 3.8) is 0 Å². The van der Waals surface area contributed by atoms with Crippen LogP contribution in [0.2, 0.25) is 0 Å². The summed E-state index contributed by atoms with van der Waals surface area (Å²) in [7, 11) is -5.81. The zero-order valence-corrected chi connectivity index (χ0v) is 75.0. The lowest BCUT2D eigenvalue weighted by Gasteiger charge is -2.50. The third-order valence-corrected chi connectivity index (χ3v) is 24.7. The first-order chi connectivity index (χ1) is 57.1. The number of aliphatic hydroxyl groups excluding tert-OH is 9. The molecule has 0 aromatic rings. The van der Waals surface area contributed by atoms with Crippen LogP contribution in [-0.2, 0) is 70.7 Å². The summed E-state index contributed by atoms with van der Waals surface area (Å²) in [6, 6.07) is 0. The predicted molar refractivity (Wildman–Crippen MR) is 458 cm³/mol. The highest BCUT2D eigenvalue weighted by molar-refractivity contribution is 7.47. The Hall–Kier alpha value is -2.79. The van der Waals surface area contributed by atoms with Gasteiger partial charge in [0, 0.05) is 25.7 Å². The summed E-state index contributed by atoms with van der Waals surface area (Å²) >= 11 is 0. The van der Waals surface area contributed by atoms with E-state index >= 15 is 0 Å². The van der Waals surface area contributed by atoms with Crippen LogP contribution in [-0.4, -0.2) is 205 Å². The summed E-state index contributed by atoms with van der Waals surface area (Å²) in [6.45, 7) is 7.94. The van der Waals surface area contributed by atoms with Gasteiger partial charge in [0.15, 0.2) is 24.8 Å². The average molecular weight is 1710 g/mol. The van der Waals surface area contributed by atoms with E-state index in [1.165, 1.54) is 193 Å². The monoisotopic (exact) mass is 1710 g/mol. The van der Waals surface area contributed by atoms with Gasteiger partial charge in [-0.2, -0.15) is 0 Å². The molecule has 0 amide bonds. The largest absolute Gasteiger partial charge is 0.472 e. The van der Waals surface area contributed by atoms with Gasteiger partial charge >= 0.3 is 31.7 Å². The van der Waals surface area contributed by atoms with Crippen LogP contribution >= 0.6 is 7.82 Å². The second kappa shape index (κ2) is 70.4. The topological polar surface area (TPSA) is 380 Å². The normalized spacial score (nSPS) is 25.2. The van der Waals surface area contributed by atoms with Crippen molar-refractivity contribution in [2.75, 3.05) is 26.4 Å². The molecular weight excluding hydrogens is 1540 g/mol. The molecule has 2 heterocycles. The fraction of sp³-hybridized carbons (Fsp3) is 0.935. The van der Waals surface area contributed by atoms with E-state index in [0.29, 0.717) is 38.0 Å². The van der Waals surface area contributed by atoms with Crippen LogP contribution in [0, 0.1) is 5.92 Å². The van der Waals surface area contributed by atoms with Gasteiger partial charge in [0.25, 0.3) is 0 Å². The van der Waals surface area contributed by atoms with Crippen LogP contribution in [0.1, 0.15) is 413 Å². The minimum atomic E-state index is -5.81. The van der Waals surface area contributed by atoms with Crippen LogP contribution in [0.5, 0.6) is 0 Å². The zero-order chi connectivity index (χ0) is 86.2. The molecule has 118 heavy (non-hydrogen) atoms. The number of aliphatic hydroxyl groups is 9. The van der Waals surface area contributed by atoms with Gasteiger partial charge in [0.2, 0.25) is 0 Å². The molecule has 0 bridgehead atoms. The van der Waals surface area contributed by atoms with Gasteiger partial charge < -0.3 is 88.7 Å². The van der Waals surface area contributed by atoms with E-state index < -0.39 is 162 Å². The molecule has 0 radical (unpaired) electrons. The Labute approximate surface area is 712 Å². The maximum absolute atomic E-state index is 14.9. The number of phosphoric ester groups is 1. The minimum absolute atomic E-state index is 0.0169. The maximum Gasteiger partial charge on any atom is 0.472 e.